The van der Waals surface area contributed by atoms with Crippen LogP contribution in [0.15, 0.2) is 6.20 Å². The average Bonchev–Trinajstić information content (AvgIpc) is 2.64. The molecule has 1 rings (SSSR count). The third-order valence-electron chi connectivity index (χ3n) is 1.96. The Bertz CT molecular complexity index is 311. The lowest BCUT2D eigenvalue weighted by Gasteiger charge is -2.01. The van der Waals surface area contributed by atoms with Gasteiger partial charge in [-0.1, -0.05) is 5.21 Å². The van der Waals surface area contributed by atoms with E-state index in [0.29, 0.717) is 12.2 Å². The maximum absolute atomic E-state index is 11.4. The molecule has 1 aromatic heterocycles. The van der Waals surface area contributed by atoms with E-state index in [4.69, 9.17) is 5.11 Å². The minimum atomic E-state index is -0.202. The molecule has 0 aliphatic rings. The van der Waals surface area contributed by atoms with E-state index in [0.717, 1.165) is 19.3 Å². The predicted molar refractivity (Wildman–Crippen MR) is 54.3 cm³/mol. The van der Waals surface area contributed by atoms with Gasteiger partial charge in [0.1, 0.15) is 0 Å². The highest BCUT2D eigenvalue weighted by Gasteiger charge is 2.07. The number of amides is 1. The van der Waals surface area contributed by atoms with Gasteiger partial charge in [0.15, 0.2) is 5.69 Å². The van der Waals surface area contributed by atoms with Crippen LogP contribution in [0, 0.1) is 0 Å². The molecule has 0 aliphatic carbocycles. The molecule has 0 radical (unpaired) electrons. The van der Waals surface area contributed by atoms with Gasteiger partial charge in [0.25, 0.3) is 5.91 Å². The molecule has 0 atom stereocenters. The zero-order valence-corrected chi connectivity index (χ0v) is 8.81. The standard InChI is InChI=1S/C9H16N4O2/c1-13-7-8(11-12-13)9(15)10-5-3-2-4-6-14/h7,14H,2-6H2,1H3,(H,10,15). The second-order valence-electron chi connectivity index (χ2n) is 3.32. The van der Waals surface area contributed by atoms with Crippen molar-refractivity contribution in [2.75, 3.05) is 13.2 Å². The lowest BCUT2D eigenvalue weighted by molar-refractivity contribution is 0.0948. The number of aliphatic hydroxyl groups excluding tert-OH is 1. The van der Waals surface area contributed by atoms with Crippen LogP contribution in [0.2, 0.25) is 0 Å². The van der Waals surface area contributed by atoms with E-state index in [9.17, 15) is 4.79 Å². The lowest BCUT2D eigenvalue weighted by Crippen LogP contribution is -2.24. The molecule has 0 saturated heterocycles. The largest absolute Gasteiger partial charge is 0.396 e. The third kappa shape index (κ3) is 4.07. The van der Waals surface area contributed by atoms with E-state index < -0.39 is 0 Å². The minimum absolute atomic E-state index is 0.202. The summed E-state index contributed by atoms with van der Waals surface area (Å²) in [4.78, 5) is 11.4. The van der Waals surface area contributed by atoms with Crippen molar-refractivity contribution in [1.82, 2.24) is 20.3 Å². The van der Waals surface area contributed by atoms with Crippen LogP contribution in [0.1, 0.15) is 29.8 Å². The number of aliphatic hydroxyl groups is 1. The molecule has 0 aliphatic heterocycles. The fourth-order valence-electron chi connectivity index (χ4n) is 1.16. The van der Waals surface area contributed by atoms with Crippen molar-refractivity contribution in [2.24, 2.45) is 7.05 Å². The molecular weight excluding hydrogens is 196 g/mol. The summed E-state index contributed by atoms with van der Waals surface area (Å²) in [6.45, 7) is 0.813. The van der Waals surface area contributed by atoms with Gasteiger partial charge in [-0.05, 0) is 19.3 Å². The zero-order valence-electron chi connectivity index (χ0n) is 8.81. The number of aromatic nitrogens is 3. The molecule has 0 fully saturated rings. The summed E-state index contributed by atoms with van der Waals surface area (Å²) in [5.41, 5.74) is 0.333. The quantitative estimate of drug-likeness (QED) is 0.635. The van der Waals surface area contributed by atoms with E-state index in [1.807, 2.05) is 0 Å². The first-order valence-electron chi connectivity index (χ1n) is 4.99. The molecule has 6 nitrogen and oxygen atoms in total. The Labute approximate surface area is 88.3 Å². The molecule has 84 valence electrons. The number of nitrogens with one attached hydrogen (secondary N) is 1. The van der Waals surface area contributed by atoms with E-state index in [1.54, 1.807) is 13.2 Å². The topological polar surface area (TPSA) is 80.0 Å². The highest BCUT2D eigenvalue weighted by Crippen LogP contribution is 1.94. The monoisotopic (exact) mass is 212 g/mol. The highest BCUT2D eigenvalue weighted by molar-refractivity contribution is 5.91. The van der Waals surface area contributed by atoms with Gasteiger partial charge < -0.3 is 10.4 Å². The van der Waals surface area contributed by atoms with Crippen molar-refractivity contribution in [2.45, 2.75) is 19.3 Å². The Morgan fingerprint density at radius 1 is 1.53 bits per heavy atom. The molecule has 15 heavy (non-hydrogen) atoms. The van der Waals surface area contributed by atoms with Crippen molar-refractivity contribution < 1.29 is 9.90 Å². The number of hydrogen-bond donors (Lipinski definition) is 2. The van der Waals surface area contributed by atoms with Crippen molar-refractivity contribution in [1.29, 1.82) is 0 Å². The molecule has 1 aromatic rings. The SMILES string of the molecule is Cn1cc(C(=O)NCCCCCO)nn1. The van der Waals surface area contributed by atoms with Gasteiger partial charge in [-0.15, -0.1) is 5.10 Å². The molecule has 0 bridgehead atoms. The first-order chi connectivity index (χ1) is 7.24. The van der Waals surface area contributed by atoms with E-state index in [2.05, 4.69) is 15.6 Å². The Kier molecular flexibility index (Phi) is 4.76. The summed E-state index contributed by atoms with van der Waals surface area (Å²) in [5, 5.41) is 18.6. The molecule has 0 saturated carbocycles. The van der Waals surface area contributed by atoms with Crippen LogP contribution in [0.5, 0.6) is 0 Å². The number of nitrogens with zero attached hydrogens (tertiary/aromatic N) is 3. The van der Waals surface area contributed by atoms with Crippen LogP contribution < -0.4 is 5.32 Å². The van der Waals surface area contributed by atoms with E-state index in [-0.39, 0.29) is 12.5 Å². The molecule has 0 aromatic carbocycles. The highest BCUT2D eigenvalue weighted by atomic mass is 16.2. The average molecular weight is 212 g/mol. The van der Waals surface area contributed by atoms with Crippen molar-refractivity contribution in [3.8, 4) is 0 Å². The fourth-order valence-corrected chi connectivity index (χ4v) is 1.16. The van der Waals surface area contributed by atoms with E-state index >= 15 is 0 Å². The molecule has 0 spiro atoms. The van der Waals surface area contributed by atoms with Crippen LogP contribution in [-0.4, -0.2) is 39.2 Å². The molecule has 0 unspecified atom stereocenters. The first kappa shape index (κ1) is 11.6. The number of carbonyl (C=O) groups is 1. The van der Waals surface area contributed by atoms with Crippen molar-refractivity contribution >= 4 is 5.91 Å². The number of aryl methyl sites for hydroxylation is 1. The lowest BCUT2D eigenvalue weighted by atomic mass is 10.2. The summed E-state index contributed by atoms with van der Waals surface area (Å²) in [5.74, 6) is -0.202. The third-order valence-corrected chi connectivity index (χ3v) is 1.96. The minimum Gasteiger partial charge on any atom is -0.396 e. The predicted octanol–water partition coefficient (Wildman–Crippen LogP) is -0.293. The van der Waals surface area contributed by atoms with Crippen LogP contribution in [-0.2, 0) is 7.05 Å². The Morgan fingerprint density at radius 2 is 2.33 bits per heavy atom. The smallest absolute Gasteiger partial charge is 0.273 e. The molecule has 1 heterocycles. The number of carbonyl (C=O) groups excluding carboxylic acids is 1. The Balaban J connectivity index is 2.19. The summed E-state index contributed by atoms with van der Waals surface area (Å²) in [7, 11) is 1.71. The van der Waals surface area contributed by atoms with Gasteiger partial charge >= 0.3 is 0 Å². The Hall–Kier alpha value is -1.43. The summed E-state index contributed by atoms with van der Waals surface area (Å²) in [6.07, 6.45) is 4.13. The van der Waals surface area contributed by atoms with Crippen LogP contribution in [0.3, 0.4) is 0 Å². The van der Waals surface area contributed by atoms with Crippen molar-refractivity contribution in [3.05, 3.63) is 11.9 Å². The van der Waals surface area contributed by atoms with Crippen LogP contribution >= 0.6 is 0 Å². The summed E-state index contributed by atoms with van der Waals surface area (Å²) < 4.78 is 1.49. The number of rotatable bonds is 6. The van der Waals surface area contributed by atoms with Gasteiger partial charge in [0.2, 0.25) is 0 Å². The molecular formula is C9H16N4O2. The van der Waals surface area contributed by atoms with Crippen LogP contribution in [0.25, 0.3) is 0 Å². The summed E-state index contributed by atoms with van der Waals surface area (Å²) in [6, 6.07) is 0. The van der Waals surface area contributed by atoms with Gasteiger partial charge in [0, 0.05) is 20.2 Å². The second kappa shape index (κ2) is 6.13. The van der Waals surface area contributed by atoms with Crippen LogP contribution in [0.4, 0.5) is 0 Å². The van der Waals surface area contributed by atoms with Gasteiger partial charge in [-0.3, -0.25) is 9.48 Å². The fraction of sp³-hybridized carbons (Fsp3) is 0.667. The first-order valence-corrected chi connectivity index (χ1v) is 4.99. The van der Waals surface area contributed by atoms with E-state index in [1.165, 1.54) is 4.68 Å². The normalized spacial score (nSPS) is 10.3. The zero-order chi connectivity index (χ0) is 11.1. The molecule has 6 heteroatoms. The maximum atomic E-state index is 11.4. The van der Waals surface area contributed by atoms with Gasteiger partial charge in [0.05, 0.1) is 6.20 Å². The summed E-state index contributed by atoms with van der Waals surface area (Å²) >= 11 is 0. The molecule has 2 N–H and O–H groups in total. The Morgan fingerprint density at radius 3 is 2.93 bits per heavy atom. The van der Waals surface area contributed by atoms with Crippen molar-refractivity contribution in [3.63, 3.8) is 0 Å². The van der Waals surface area contributed by atoms with Gasteiger partial charge in [-0.25, -0.2) is 0 Å². The number of unbranched alkanes of at least 4 members (excludes halogenated alkanes) is 2. The molecule has 1 amide bonds. The number of hydrogen-bond acceptors (Lipinski definition) is 4. The second-order valence-corrected chi connectivity index (χ2v) is 3.32. The maximum Gasteiger partial charge on any atom is 0.273 e. The van der Waals surface area contributed by atoms with Gasteiger partial charge in [-0.2, -0.15) is 0 Å².